The lowest BCUT2D eigenvalue weighted by atomic mass is 9.84. The molecule has 0 aromatic heterocycles. The van der Waals surface area contributed by atoms with E-state index in [1.807, 2.05) is 20.8 Å². The van der Waals surface area contributed by atoms with Crippen LogP contribution in [0.25, 0.3) is 0 Å². The van der Waals surface area contributed by atoms with Crippen LogP contribution in [0.3, 0.4) is 0 Å². The lowest BCUT2D eigenvalue weighted by Crippen LogP contribution is -2.14. The summed E-state index contributed by atoms with van der Waals surface area (Å²) in [6, 6.07) is 5.82. The Morgan fingerprint density at radius 2 is 1.83 bits per heavy atom. The number of hydrogen-bond acceptors (Lipinski definition) is 3. The molecule has 0 heterocycles. The maximum Gasteiger partial charge on any atom is 0.339 e. The van der Waals surface area contributed by atoms with Crippen molar-refractivity contribution in [3.05, 3.63) is 51.8 Å². The number of carbonyl (C=O) groups is 1. The van der Waals surface area contributed by atoms with Crippen LogP contribution < -0.4 is 0 Å². The molecular formula is C18H18ClFO3S. The topological polar surface area (TPSA) is 57.5 Å². The van der Waals surface area contributed by atoms with Crippen LogP contribution in [0.2, 0.25) is 5.02 Å². The third-order valence-corrected chi connectivity index (χ3v) is 5.29. The number of rotatable bonds is 3. The molecule has 0 bridgehead atoms. The fourth-order valence-electron chi connectivity index (χ4n) is 2.36. The Bertz CT molecular complexity index is 813. The van der Waals surface area contributed by atoms with Gasteiger partial charge in [-0.1, -0.05) is 44.1 Å². The summed E-state index contributed by atoms with van der Waals surface area (Å²) in [5.74, 6) is -1.85. The van der Waals surface area contributed by atoms with E-state index in [0.29, 0.717) is 20.9 Å². The largest absolute Gasteiger partial charge is 0.507 e. The molecular weight excluding hydrogens is 351 g/mol. The molecule has 0 aliphatic rings. The third kappa shape index (κ3) is 3.68. The summed E-state index contributed by atoms with van der Waals surface area (Å²) in [4.78, 5) is 12.9. The molecule has 3 nitrogen and oxygen atoms in total. The fourth-order valence-corrected chi connectivity index (χ4v) is 3.60. The van der Waals surface area contributed by atoms with Gasteiger partial charge >= 0.3 is 5.97 Å². The summed E-state index contributed by atoms with van der Waals surface area (Å²) in [5, 5.41) is 20.1. The number of benzene rings is 2. The lowest BCUT2D eigenvalue weighted by Gasteiger charge is -2.24. The number of halogens is 2. The van der Waals surface area contributed by atoms with Crippen LogP contribution in [0.5, 0.6) is 5.75 Å². The molecule has 2 aromatic carbocycles. The third-order valence-electron chi connectivity index (χ3n) is 3.65. The van der Waals surface area contributed by atoms with E-state index in [2.05, 4.69) is 0 Å². The SMILES string of the molecule is Cc1c(Sc2ccc(F)cc2Cl)cc(C(C)(C)C)c(O)c1C(=O)O. The normalized spacial score (nSPS) is 11.6. The number of carboxylic acids is 1. The van der Waals surface area contributed by atoms with Crippen LogP contribution in [0.4, 0.5) is 4.39 Å². The summed E-state index contributed by atoms with van der Waals surface area (Å²) in [6.07, 6.45) is 0. The van der Waals surface area contributed by atoms with Crippen LogP contribution in [-0.2, 0) is 5.41 Å². The van der Waals surface area contributed by atoms with Crippen molar-refractivity contribution < 1.29 is 19.4 Å². The summed E-state index contributed by atoms with van der Waals surface area (Å²) in [6.45, 7) is 7.31. The van der Waals surface area contributed by atoms with Gasteiger partial charge in [0, 0.05) is 15.4 Å². The van der Waals surface area contributed by atoms with E-state index in [-0.39, 0.29) is 16.3 Å². The number of aromatic carboxylic acids is 1. The smallest absolute Gasteiger partial charge is 0.339 e. The van der Waals surface area contributed by atoms with Crippen molar-refractivity contribution in [2.75, 3.05) is 0 Å². The van der Waals surface area contributed by atoms with Crippen molar-refractivity contribution in [2.45, 2.75) is 42.9 Å². The molecule has 0 aliphatic carbocycles. The Morgan fingerprint density at radius 3 is 2.33 bits per heavy atom. The predicted molar refractivity (Wildman–Crippen MR) is 94.0 cm³/mol. The second kappa shape index (κ2) is 6.65. The summed E-state index contributed by atoms with van der Waals surface area (Å²) >= 11 is 7.32. The van der Waals surface area contributed by atoms with Crippen molar-refractivity contribution in [1.82, 2.24) is 0 Å². The molecule has 2 N–H and O–H groups in total. The molecule has 0 aliphatic heterocycles. The van der Waals surface area contributed by atoms with E-state index in [4.69, 9.17) is 11.6 Å². The lowest BCUT2D eigenvalue weighted by molar-refractivity contribution is 0.0692. The van der Waals surface area contributed by atoms with Crippen molar-refractivity contribution in [3.63, 3.8) is 0 Å². The van der Waals surface area contributed by atoms with Crippen molar-refractivity contribution in [3.8, 4) is 5.75 Å². The molecule has 0 saturated heterocycles. The number of carboxylic acid groups (broad SMARTS) is 1. The van der Waals surface area contributed by atoms with Gasteiger partial charge in [-0.2, -0.15) is 0 Å². The van der Waals surface area contributed by atoms with Gasteiger partial charge in [-0.05, 0) is 42.2 Å². The van der Waals surface area contributed by atoms with Gasteiger partial charge in [0.15, 0.2) is 0 Å². The van der Waals surface area contributed by atoms with Crippen LogP contribution in [0.1, 0.15) is 42.3 Å². The molecule has 0 atom stereocenters. The summed E-state index contributed by atoms with van der Waals surface area (Å²) in [5.41, 5.74) is 0.414. The highest BCUT2D eigenvalue weighted by molar-refractivity contribution is 7.99. The van der Waals surface area contributed by atoms with E-state index in [0.717, 1.165) is 0 Å². The van der Waals surface area contributed by atoms with Crippen molar-refractivity contribution in [1.29, 1.82) is 0 Å². The Hall–Kier alpha value is -1.72. The minimum atomic E-state index is -1.19. The molecule has 2 aromatic rings. The minimum absolute atomic E-state index is 0.122. The van der Waals surface area contributed by atoms with Gasteiger partial charge in [0.25, 0.3) is 0 Å². The highest BCUT2D eigenvalue weighted by Gasteiger charge is 2.27. The molecule has 0 spiro atoms. The van der Waals surface area contributed by atoms with Gasteiger partial charge in [0.2, 0.25) is 0 Å². The predicted octanol–water partition coefficient (Wildman–Crippen LogP) is 5.64. The second-order valence-electron chi connectivity index (χ2n) is 6.50. The van der Waals surface area contributed by atoms with Gasteiger partial charge in [0.1, 0.15) is 17.1 Å². The van der Waals surface area contributed by atoms with E-state index < -0.39 is 17.2 Å². The molecule has 0 saturated carbocycles. The van der Waals surface area contributed by atoms with Crippen LogP contribution in [-0.4, -0.2) is 16.2 Å². The number of phenols is 1. The monoisotopic (exact) mass is 368 g/mol. The highest BCUT2D eigenvalue weighted by Crippen LogP contribution is 2.43. The maximum atomic E-state index is 13.2. The first-order chi connectivity index (χ1) is 11.0. The fraction of sp³-hybridized carbons (Fsp3) is 0.278. The van der Waals surface area contributed by atoms with Crippen LogP contribution in [0, 0.1) is 12.7 Å². The Morgan fingerprint density at radius 1 is 1.21 bits per heavy atom. The Labute approximate surface area is 149 Å². The molecule has 2 rings (SSSR count). The Kier molecular flexibility index (Phi) is 5.16. The zero-order valence-corrected chi connectivity index (χ0v) is 15.3. The van der Waals surface area contributed by atoms with Gasteiger partial charge in [-0.3, -0.25) is 0 Å². The van der Waals surface area contributed by atoms with Crippen molar-refractivity contribution in [2.24, 2.45) is 0 Å². The first-order valence-corrected chi connectivity index (χ1v) is 8.45. The molecule has 128 valence electrons. The van der Waals surface area contributed by atoms with Gasteiger partial charge in [-0.15, -0.1) is 0 Å². The zero-order chi connectivity index (χ0) is 18.2. The Balaban J connectivity index is 2.65. The number of aromatic hydroxyl groups is 1. The van der Waals surface area contributed by atoms with Gasteiger partial charge in [0.05, 0.1) is 5.02 Å². The second-order valence-corrected chi connectivity index (χ2v) is 7.99. The molecule has 0 unspecified atom stereocenters. The standard InChI is InChI=1S/C18H18ClFO3S/c1-9-14(24-13-6-5-10(20)7-12(13)19)8-11(18(2,3)4)16(21)15(9)17(22)23/h5-8,21H,1-4H3,(H,22,23). The zero-order valence-electron chi connectivity index (χ0n) is 13.8. The molecule has 0 amide bonds. The van der Waals surface area contributed by atoms with Crippen LogP contribution >= 0.6 is 23.4 Å². The van der Waals surface area contributed by atoms with Crippen LogP contribution in [0.15, 0.2) is 34.1 Å². The quantitative estimate of drug-likeness (QED) is 0.736. The average molecular weight is 369 g/mol. The minimum Gasteiger partial charge on any atom is -0.507 e. The summed E-state index contributed by atoms with van der Waals surface area (Å²) in [7, 11) is 0. The summed E-state index contributed by atoms with van der Waals surface area (Å²) < 4.78 is 13.2. The van der Waals surface area contributed by atoms with E-state index >= 15 is 0 Å². The first-order valence-electron chi connectivity index (χ1n) is 7.25. The molecule has 6 heteroatoms. The maximum absolute atomic E-state index is 13.2. The molecule has 0 radical (unpaired) electrons. The highest BCUT2D eigenvalue weighted by atomic mass is 35.5. The van der Waals surface area contributed by atoms with Gasteiger partial charge in [-0.25, -0.2) is 9.18 Å². The first kappa shape index (κ1) is 18.6. The van der Waals surface area contributed by atoms with Crippen molar-refractivity contribution >= 4 is 29.3 Å². The van der Waals surface area contributed by atoms with E-state index in [1.54, 1.807) is 19.1 Å². The van der Waals surface area contributed by atoms with E-state index in [1.165, 1.54) is 23.9 Å². The van der Waals surface area contributed by atoms with E-state index in [9.17, 15) is 19.4 Å². The molecule has 24 heavy (non-hydrogen) atoms. The average Bonchev–Trinajstić information content (AvgIpc) is 2.42. The number of hydrogen-bond donors (Lipinski definition) is 2. The molecule has 0 fully saturated rings. The van der Waals surface area contributed by atoms with Gasteiger partial charge < -0.3 is 10.2 Å².